The molecule has 5 rings (SSSR count). The highest BCUT2D eigenvalue weighted by molar-refractivity contribution is 6.35. The number of amides is 2. The lowest BCUT2D eigenvalue weighted by Crippen LogP contribution is -2.51. The zero-order valence-corrected chi connectivity index (χ0v) is 20.6. The number of carbonyl (C=O) groups excluding carboxylic acids is 2. The Bertz CT molecular complexity index is 1420. The largest absolute Gasteiger partial charge is 0.480 e. The van der Waals surface area contributed by atoms with Gasteiger partial charge in [-0.3, -0.25) is 24.2 Å². The Kier molecular flexibility index (Phi) is 6.56. The third kappa shape index (κ3) is 4.61. The summed E-state index contributed by atoms with van der Waals surface area (Å²) >= 11 is 6.40. The van der Waals surface area contributed by atoms with Crippen LogP contribution in [-0.2, 0) is 7.05 Å². The van der Waals surface area contributed by atoms with Gasteiger partial charge in [-0.25, -0.2) is 0 Å². The summed E-state index contributed by atoms with van der Waals surface area (Å²) in [6, 6.07) is 14.7. The van der Waals surface area contributed by atoms with E-state index >= 15 is 0 Å². The first kappa shape index (κ1) is 23.7. The van der Waals surface area contributed by atoms with Crippen molar-refractivity contribution in [2.24, 2.45) is 7.05 Å². The number of hydrogen-bond acceptors (Lipinski definition) is 6. The summed E-state index contributed by atoms with van der Waals surface area (Å²) in [6.07, 6.45) is 3.73. The van der Waals surface area contributed by atoms with E-state index in [1.54, 1.807) is 42.5 Å². The molecule has 1 N–H and O–H groups in total. The monoisotopic (exact) mass is 504 g/mol. The number of piperidine rings is 1. The summed E-state index contributed by atoms with van der Waals surface area (Å²) in [4.78, 5) is 37.0. The van der Waals surface area contributed by atoms with Crippen LogP contribution >= 0.6 is 11.6 Å². The number of benzene rings is 2. The zero-order chi connectivity index (χ0) is 25.2. The van der Waals surface area contributed by atoms with E-state index in [4.69, 9.17) is 16.3 Å². The normalized spacial score (nSPS) is 17.7. The minimum absolute atomic E-state index is 0.0984. The summed E-state index contributed by atoms with van der Waals surface area (Å²) in [5, 5.41) is 7.73. The first-order valence-electron chi connectivity index (χ1n) is 11.6. The maximum Gasteiger partial charge on any atom is 0.269 e. The molecule has 184 valence electrons. The average Bonchev–Trinajstić information content (AvgIpc) is 3.30. The molecule has 10 heteroatoms. The fourth-order valence-corrected chi connectivity index (χ4v) is 4.94. The fraction of sp³-hybridized carbons (Fsp3) is 0.269. The van der Waals surface area contributed by atoms with Gasteiger partial charge in [0, 0.05) is 56.1 Å². The van der Waals surface area contributed by atoms with E-state index in [1.165, 1.54) is 11.8 Å². The number of ether oxygens (including phenoxy) is 1. The number of methoxy groups -OCH3 is 1. The predicted molar refractivity (Wildman–Crippen MR) is 135 cm³/mol. The molecule has 2 atom stereocenters. The smallest absolute Gasteiger partial charge is 0.269 e. The number of aryl methyl sites for hydroxylation is 1. The zero-order valence-electron chi connectivity index (χ0n) is 19.9. The van der Waals surface area contributed by atoms with Gasteiger partial charge in [0.25, 0.3) is 11.8 Å². The van der Waals surface area contributed by atoms with Crippen molar-refractivity contribution in [3.05, 3.63) is 82.8 Å². The fourth-order valence-electron chi connectivity index (χ4n) is 4.68. The minimum Gasteiger partial charge on any atom is -0.480 e. The molecule has 4 aromatic rings. The second-order valence-corrected chi connectivity index (χ2v) is 9.12. The number of hydrogen-bond donors (Lipinski definition) is 1. The summed E-state index contributed by atoms with van der Waals surface area (Å²) in [5.41, 5.74) is 3.05. The van der Waals surface area contributed by atoms with Crippen LogP contribution in [0.1, 0.15) is 38.7 Å². The van der Waals surface area contributed by atoms with E-state index in [1.807, 2.05) is 30.3 Å². The van der Waals surface area contributed by atoms with Crippen LogP contribution in [0.5, 0.6) is 5.88 Å². The second-order valence-electron chi connectivity index (χ2n) is 8.71. The molecule has 0 unspecified atom stereocenters. The Morgan fingerprint density at radius 2 is 1.89 bits per heavy atom. The lowest BCUT2D eigenvalue weighted by Gasteiger charge is -2.39. The maximum atomic E-state index is 13.5. The quantitative estimate of drug-likeness (QED) is 0.446. The van der Waals surface area contributed by atoms with E-state index in [9.17, 15) is 9.59 Å². The lowest BCUT2D eigenvalue weighted by atomic mass is 9.85. The molecule has 0 saturated carbocycles. The molecular formula is C26H25ClN6O3. The molecule has 0 aliphatic carbocycles. The number of carbonyl (C=O) groups is 2. The van der Waals surface area contributed by atoms with Crippen molar-refractivity contribution in [2.45, 2.75) is 18.4 Å². The van der Waals surface area contributed by atoms with Crippen molar-refractivity contribution >= 4 is 34.4 Å². The first-order chi connectivity index (χ1) is 17.4. The van der Waals surface area contributed by atoms with Crippen molar-refractivity contribution in [2.75, 3.05) is 20.2 Å². The highest BCUT2D eigenvalue weighted by atomic mass is 35.5. The lowest BCUT2D eigenvalue weighted by molar-refractivity contribution is 0.0671. The summed E-state index contributed by atoms with van der Waals surface area (Å²) in [7, 11) is 3.21. The number of halogens is 1. The number of fused-ring (bicyclic) bond motifs is 1. The molecule has 1 aliphatic heterocycles. The molecule has 9 nitrogen and oxygen atoms in total. The van der Waals surface area contributed by atoms with Gasteiger partial charge in [-0.1, -0.05) is 41.9 Å². The SMILES string of the molecule is COc1cc(C(=O)N[C@@H]2CCN(C(=O)c3cc(Cl)c4nccnc4c3)C[C@@H]2c2ccccc2)n(C)n1. The molecule has 0 bridgehead atoms. The Labute approximate surface area is 213 Å². The summed E-state index contributed by atoms with van der Waals surface area (Å²) in [6.45, 7) is 0.927. The van der Waals surface area contributed by atoms with Gasteiger partial charge in [-0.05, 0) is 24.1 Å². The van der Waals surface area contributed by atoms with Gasteiger partial charge in [0.05, 0.1) is 17.6 Å². The van der Waals surface area contributed by atoms with Crippen molar-refractivity contribution in [1.29, 1.82) is 0 Å². The van der Waals surface area contributed by atoms with Gasteiger partial charge in [-0.15, -0.1) is 5.10 Å². The van der Waals surface area contributed by atoms with Gasteiger partial charge in [-0.2, -0.15) is 0 Å². The van der Waals surface area contributed by atoms with Crippen molar-refractivity contribution in [3.8, 4) is 5.88 Å². The van der Waals surface area contributed by atoms with E-state index in [-0.39, 0.29) is 23.8 Å². The second kappa shape index (κ2) is 9.94. The van der Waals surface area contributed by atoms with E-state index in [0.29, 0.717) is 52.7 Å². The Balaban J connectivity index is 1.40. The standard InChI is InChI=1S/C26H25ClN6O3/c1-32-22(14-23(31-32)36-2)25(34)30-20-8-11-33(15-18(20)16-6-4-3-5-7-16)26(35)17-12-19(27)24-21(13-17)28-9-10-29-24/h3-7,9-10,12-14,18,20H,8,11,15H2,1-2H3,(H,30,34)/t18-,20-/m1/s1. The molecule has 3 heterocycles. The maximum absolute atomic E-state index is 13.5. The Morgan fingerprint density at radius 3 is 2.64 bits per heavy atom. The van der Waals surface area contributed by atoms with Crippen LogP contribution in [0.2, 0.25) is 5.02 Å². The molecule has 1 saturated heterocycles. The molecule has 0 radical (unpaired) electrons. The first-order valence-corrected chi connectivity index (χ1v) is 12.0. The highest BCUT2D eigenvalue weighted by Gasteiger charge is 2.34. The van der Waals surface area contributed by atoms with Crippen LogP contribution in [0.25, 0.3) is 11.0 Å². The van der Waals surface area contributed by atoms with Crippen molar-refractivity contribution in [3.63, 3.8) is 0 Å². The van der Waals surface area contributed by atoms with Crippen LogP contribution in [0.3, 0.4) is 0 Å². The van der Waals surface area contributed by atoms with E-state index in [2.05, 4.69) is 20.4 Å². The molecule has 0 spiro atoms. The molecular weight excluding hydrogens is 480 g/mol. The third-order valence-corrected chi connectivity index (χ3v) is 6.81. The number of likely N-dealkylation sites (tertiary alicyclic amines) is 1. The minimum atomic E-state index is -0.237. The van der Waals surface area contributed by atoms with Gasteiger partial charge < -0.3 is 15.0 Å². The predicted octanol–water partition coefficient (Wildman–Crippen LogP) is 3.45. The molecule has 2 amide bonds. The molecule has 36 heavy (non-hydrogen) atoms. The average molecular weight is 505 g/mol. The highest BCUT2D eigenvalue weighted by Crippen LogP contribution is 2.30. The van der Waals surface area contributed by atoms with Gasteiger partial charge in [0.2, 0.25) is 5.88 Å². The molecule has 1 fully saturated rings. The van der Waals surface area contributed by atoms with Crippen LogP contribution in [-0.4, -0.2) is 62.7 Å². The number of rotatable bonds is 5. The third-order valence-electron chi connectivity index (χ3n) is 6.52. The summed E-state index contributed by atoms with van der Waals surface area (Å²) < 4.78 is 6.65. The van der Waals surface area contributed by atoms with Gasteiger partial charge in [0.1, 0.15) is 11.2 Å². The van der Waals surface area contributed by atoms with Gasteiger partial charge in [0.15, 0.2) is 0 Å². The van der Waals surface area contributed by atoms with Crippen LogP contribution in [0.4, 0.5) is 0 Å². The van der Waals surface area contributed by atoms with Crippen molar-refractivity contribution in [1.82, 2.24) is 30.0 Å². The van der Waals surface area contributed by atoms with E-state index in [0.717, 1.165) is 5.56 Å². The molecule has 2 aromatic heterocycles. The number of aromatic nitrogens is 4. The number of nitrogens with zero attached hydrogens (tertiary/aromatic N) is 5. The van der Waals surface area contributed by atoms with Crippen LogP contribution in [0, 0.1) is 0 Å². The Morgan fingerprint density at radius 1 is 1.11 bits per heavy atom. The van der Waals surface area contributed by atoms with Crippen LogP contribution < -0.4 is 10.1 Å². The summed E-state index contributed by atoms with van der Waals surface area (Å²) in [5.74, 6) is -0.0921. The van der Waals surface area contributed by atoms with Gasteiger partial charge >= 0.3 is 0 Å². The molecule has 2 aromatic carbocycles. The van der Waals surface area contributed by atoms with Crippen molar-refractivity contribution < 1.29 is 14.3 Å². The Hall–Kier alpha value is -3.98. The van der Waals surface area contributed by atoms with Crippen LogP contribution in [0.15, 0.2) is 60.9 Å². The number of nitrogens with one attached hydrogen (secondary N) is 1. The topological polar surface area (TPSA) is 102 Å². The molecule has 1 aliphatic rings. The van der Waals surface area contributed by atoms with E-state index < -0.39 is 0 Å².